The summed E-state index contributed by atoms with van der Waals surface area (Å²) in [7, 11) is 0. The lowest BCUT2D eigenvalue weighted by Crippen LogP contribution is -2.38. The Bertz CT molecular complexity index is 163. The van der Waals surface area contributed by atoms with E-state index < -0.39 is 0 Å². The molecule has 0 aliphatic carbocycles. The molecule has 0 aromatic carbocycles. The summed E-state index contributed by atoms with van der Waals surface area (Å²) >= 11 is 0. The first kappa shape index (κ1) is 8.53. The van der Waals surface area contributed by atoms with E-state index >= 15 is 0 Å². The van der Waals surface area contributed by atoms with Gasteiger partial charge in [-0.05, 0) is 26.7 Å². The van der Waals surface area contributed by atoms with Crippen LogP contribution >= 0.6 is 0 Å². The van der Waals surface area contributed by atoms with Crippen LogP contribution in [0.3, 0.4) is 0 Å². The maximum absolute atomic E-state index is 11.2. The highest BCUT2D eigenvalue weighted by Crippen LogP contribution is 2.30. The molecule has 3 heteroatoms. The van der Waals surface area contributed by atoms with E-state index in [1.165, 1.54) is 0 Å². The van der Waals surface area contributed by atoms with Gasteiger partial charge in [0.05, 0.1) is 12.0 Å². The molecule has 1 N–H and O–H groups in total. The Labute approximate surface area is 66.4 Å². The van der Waals surface area contributed by atoms with Crippen molar-refractivity contribution in [2.24, 2.45) is 5.41 Å². The van der Waals surface area contributed by atoms with Crippen LogP contribution in [-0.2, 0) is 9.53 Å². The summed E-state index contributed by atoms with van der Waals surface area (Å²) in [5.41, 5.74) is -0.355. The van der Waals surface area contributed by atoms with Crippen molar-refractivity contribution in [3.8, 4) is 0 Å². The van der Waals surface area contributed by atoms with Crippen LogP contribution in [-0.4, -0.2) is 23.8 Å². The van der Waals surface area contributed by atoms with Gasteiger partial charge in [-0.2, -0.15) is 0 Å². The zero-order chi connectivity index (χ0) is 8.48. The summed E-state index contributed by atoms with van der Waals surface area (Å²) in [6.07, 6.45) is 1.31. The van der Waals surface area contributed by atoms with E-state index in [1.807, 2.05) is 13.8 Å². The van der Waals surface area contributed by atoms with Crippen molar-refractivity contribution in [3.63, 3.8) is 0 Å². The van der Waals surface area contributed by atoms with Gasteiger partial charge in [0.25, 0.3) is 0 Å². The Morgan fingerprint density at radius 1 is 1.73 bits per heavy atom. The van der Waals surface area contributed by atoms with Gasteiger partial charge in [0, 0.05) is 0 Å². The van der Waals surface area contributed by atoms with E-state index in [0.29, 0.717) is 0 Å². The number of hydrogen-bond donors (Lipinski definition) is 1. The van der Waals surface area contributed by atoms with E-state index in [1.54, 1.807) is 0 Å². The van der Waals surface area contributed by atoms with Crippen LogP contribution in [0.1, 0.15) is 26.7 Å². The average Bonchev–Trinajstić information content (AvgIpc) is 1.95. The van der Waals surface area contributed by atoms with E-state index in [0.717, 1.165) is 12.8 Å². The zero-order valence-electron chi connectivity index (χ0n) is 6.96. The normalized spacial score (nSPS) is 29.7. The van der Waals surface area contributed by atoms with E-state index in [2.05, 4.69) is 0 Å². The first-order valence-electron chi connectivity index (χ1n) is 3.88. The largest absolute Gasteiger partial charge is 0.460 e. The number of carbonyl (C=O) groups excluding carboxylic acids is 1. The molecule has 0 radical (unpaired) electrons. The van der Waals surface area contributed by atoms with Gasteiger partial charge in [-0.1, -0.05) is 0 Å². The highest BCUT2D eigenvalue weighted by molar-refractivity contribution is 5.76. The van der Waals surface area contributed by atoms with Crippen molar-refractivity contribution in [2.75, 3.05) is 6.61 Å². The van der Waals surface area contributed by atoms with Crippen LogP contribution < -0.4 is 0 Å². The second kappa shape index (κ2) is 2.81. The van der Waals surface area contributed by atoms with Crippen LogP contribution in [0.4, 0.5) is 0 Å². The summed E-state index contributed by atoms with van der Waals surface area (Å²) in [4.78, 5) is 11.2. The Morgan fingerprint density at radius 2 is 2.36 bits per heavy atom. The summed E-state index contributed by atoms with van der Waals surface area (Å²) in [6, 6.07) is 0. The lowest BCUT2D eigenvalue weighted by atomic mass is 9.84. The quantitative estimate of drug-likeness (QED) is 0.572. The SMILES string of the molecule is CC1(C)CC[C@@H](CO)OC1=O. The molecule has 11 heavy (non-hydrogen) atoms. The minimum atomic E-state index is -0.355. The van der Waals surface area contributed by atoms with Gasteiger partial charge < -0.3 is 9.84 Å². The number of hydrogen-bond acceptors (Lipinski definition) is 3. The van der Waals surface area contributed by atoms with Crippen molar-refractivity contribution in [1.82, 2.24) is 0 Å². The molecular weight excluding hydrogens is 144 g/mol. The topological polar surface area (TPSA) is 46.5 Å². The van der Waals surface area contributed by atoms with Crippen molar-refractivity contribution in [3.05, 3.63) is 0 Å². The van der Waals surface area contributed by atoms with Crippen LogP contribution in [0.15, 0.2) is 0 Å². The van der Waals surface area contributed by atoms with E-state index in [4.69, 9.17) is 9.84 Å². The summed E-state index contributed by atoms with van der Waals surface area (Å²) in [5.74, 6) is -0.192. The Hall–Kier alpha value is -0.570. The number of esters is 1. The maximum Gasteiger partial charge on any atom is 0.311 e. The number of carbonyl (C=O) groups is 1. The second-order valence-corrected chi connectivity index (χ2v) is 3.63. The number of ether oxygens (including phenoxy) is 1. The molecular formula is C8H14O3. The second-order valence-electron chi connectivity index (χ2n) is 3.63. The smallest absolute Gasteiger partial charge is 0.311 e. The zero-order valence-corrected chi connectivity index (χ0v) is 6.96. The van der Waals surface area contributed by atoms with Crippen molar-refractivity contribution in [2.45, 2.75) is 32.8 Å². The lowest BCUT2D eigenvalue weighted by molar-refractivity contribution is -0.170. The molecule has 0 saturated carbocycles. The van der Waals surface area contributed by atoms with E-state index in [-0.39, 0.29) is 24.1 Å². The predicted octanol–water partition coefficient (Wildman–Crippen LogP) is 0.710. The summed E-state index contributed by atoms with van der Waals surface area (Å²) in [6.45, 7) is 3.67. The molecule has 1 aliphatic rings. The van der Waals surface area contributed by atoms with Crippen molar-refractivity contribution in [1.29, 1.82) is 0 Å². The third kappa shape index (κ3) is 1.71. The fraction of sp³-hybridized carbons (Fsp3) is 0.875. The maximum atomic E-state index is 11.2. The van der Waals surface area contributed by atoms with Crippen molar-refractivity contribution >= 4 is 5.97 Å². The Morgan fingerprint density at radius 3 is 2.82 bits per heavy atom. The highest BCUT2D eigenvalue weighted by Gasteiger charge is 2.36. The van der Waals surface area contributed by atoms with Crippen molar-refractivity contribution < 1.29 is 14.6 Å². The number of cyclic esters (lactones) is 1. The molecule has 1 rings (SSSR count). The van der Waals surface area contributed by atoms with E-state index in [9.17, 15) is 4.79 Å². The monoisotopic (exact) mass is 158 g/mol. The fourth-order valence-corrected chi connectivity index (χ4v) is 1.12. The Balaban J connectivity index is 2.55. The van der Waals surface area contributed by atoms with Gasteiger partial charge in [0.1, 0.15) is 6.10 Å². The third-order valence-electron chi connectivity index (χ3n) is 2.12. The number of rotatable bonds is 1. The summed E-state index contributed by atoms with van der Waals surface area (Å²) in [5, 5.41) is 8.70. The summed E-state index contributed by atoms with van der Waals surface area (Å²) < 4.78 is 4.96. The van der Waals surface area contributed by atoms with Crippen LogP contribution in [0.2, 0.25) is 0 Å². The molecule has 0 unspecified atom stereocenters. The Kier molecular flexibility index (Phi) is 2.18. The van der Waals surface area contributed by atoms with Gasteiger partial charge in [0.2, 0.25) is 0 Å². The molecule has 1 heterocycles. The standard InChI is InChI=1S/C8H14O3/c1-8(2)4-3-6(5-9)11-7(8)10/h6,9H,3-5H2,1-2H3/t6-/m0/s1. The van der Waals surface area contributed by atoms with Gasteiger partial charge >= 0.3 is 5.97 Å². The lowest BCUT2D eigenvalue weighted by Gasteiger charge is -2.31. The third-order valence-corrected chi connectivity index (χ3v) is 2.12. The van der Waals surface area contributed by atoms with Gasteiger partial charge in [-0.3, -0.25) is 4.79 Å². The number of aliphatic hydroxyl groups is 1. The molecule has 0 bridgehead atoms. The first-order valence-corrected chi connectivity index (χ1v) is 3.88. The predicted molar refractivity (Wildman–Crippen MR) is 40.0 cm³/mol. The molecule has 64 valence electrons. The molecule has 1 fully saturated rings. The first-order chi connectivity index (χ1) is 5.06. The molecule has 0 aromatic heterocycles. The number of aliphatic hydroxyl groups excluding tert-OH is 1. The van der Waals surface area contributed by atoms with Crippen LogP contribution in [0, 0.1) is 5.41 Å². The minimum Gasteiger partial charge on any atom is -0.460 e. The molecule has 1 atom stereocenters. The minimum absolute atomic E-state index is 0.0537. The molecule has 1 saturated heterocycles. The molecule has 0 amide bonds. The van der Waals surface area contributed by atoms with Gasteiger partial charge in [-0.25, -0.2) is 0 Å². The molecule has 0 aromatic rings. The van der Waals surface area contributed by atoms with Crippen LogP contribution in [0.5, 0.6) is 0 Å². The van der Waals surface area contributed by atoms with Crippen LogP contribution in [0.25, 0.3) is 0 Å². The van der Waals surface area contributed by atoms with Gasteiger partial charge in [-0.15, -0.1) is 0 Å². The molecule has 1 aliphatic heterocycles. The average molecular weight is 158 g/mol. The fourth-order valence-electron chi connectivity index (χ4n) is 1.12. The molecule has 0 spiro atoms. The van der Waals surface area contributed by atoms with Gasteiger partial charge in [0.15, 0.2) is 0 Å². The highest BCUT2D eigenvalue weighted by atomic mass is 16.6. The molecule has 3 nitrogen and oxygen atoms in total.